The molecule has 0 fully saturated rings. The second kappa shape index (κ2) is 6.10. The molecule has 4 heteroatoms. The molecule has 94 valence electrons. The lowest BCUT2D eigenvalue weighted by Gasteiger charge is -2.29. The van der Waals surface area contributed by atoms with Gasteiger partial charge in [-0.1, -0.05) is 18.5 Å². The Labute approximate surface area is 112 Å². The van der Waals surface area contributed by atoms with Crippen molar-refractivity contribution in [2.75, 3.05) is 12.4 Å². The molecule has 1 heterocycles. The third kappa shape index (κ3) is 3.16. The Hall–Kier alpha value is -0.220. The molecule has 1 unspecified atom stereocenters. The van der Waals surface area contributed by atoms with E-state index < -0.39 is 0 Å². The summed E-state index contributed by atoms with van der Waals surface area (Å²) in [6.07, 6.45) is 2.03. The molecule has 0 amide bonds. The van der Waals surface area contributed by atoms with Gasteiger partial charge in [0.25, 0.3) is 0 Å². The predicted octanol–water partition coefficient (Wildman–Crippen LogP) is 3.24. The van der Waals surface area contributed by atoms with Gasteiger partial charge in [0, 0.05) is 22.0 Å². The minimum Gasteiger partial charge on any atom is -0.395 e. The first-order valence-corrected chi connectivity index (χ1v) is 7.40. The number of aliphatic hydroxyl groups is 1. The van der Waals surface area contributed by atoms with E-state index in [4.69, 9.17) is 11.6 Å². The maximum Gasteiger partial charge on any atom is 0.0584 e. The zero-order chi connectivity index (χ0) is 12.3. The fourth-order valence-corrected chi connectivity index (χ4v) is 3.41. The third-order valence-corrected chi connectivity index (χ3v) is 4.52. The van der Waals surface area contributed by atoms with Crippen LogP contribution >= 0.6 is 23.4 Å². The van der Waals surface area contributed by atoms with Crippen LogP contribution < -0.4 is 5.32 Å². The van der Waals surface area contributed by atoms with Gasteiger partial charge >= 0.3 is 0 Å². The average Bonchev–Trinajstić information content (AvgIpc) is 2.36. The largest absolute Gasteiger partial charge is 0.395 e. The summed E-state index contributed by atoms with van der Waals surface area (Å²) in [4.78, 5) is 1.31. The smallest absolute Gasteiger partial charge is 0.0584 e. The van der Waals surface area contributed by atoms with E-state index in [0.717, 1.165) is 23.6 Å². The first kappa shape index (κ1) is 13.2. The number of thioether (sulfide) groups is 1. The minimum absolute atomic E-state index is 0.176. The van der Waals surface area contributed by atoms with Crippen molar-refractivity contribution >= 4 is 23.4 Å². The van der Waals surface area contributed by atoms with Crippen LogP contribution in [0.1, 0.15) is 31.4 Å². The summed E-state index contributed by atoms with van der Waals surface area (Å²) in [6, 6.07) is 6.58. The quantitative estimate of drug-likeness (QED) is 0.882. The second-order valence-corrected chi connectivity index (χ2v) is 5.90. The molecule has 17 heavy (non-hydrogen) atoms. The molecule has 0 saturated carbocycles. The normalized spacial score (nSPS) is 21.0. The van der Waals surface area contributed by atoms with Crippen LogP contribution in [0.25, 0.3) is 0 Å². The van der Waals surface area contributed by atoms with Crippen molar-refractivity contribution in [3.8, 4) is 0 Å². The van der Waals surface area contributed by atoms with Crippen LogP contribution in [-0.2, 0) is 0 Å². The molecule has 1 aliphatic heterocycles. The van der Waals surface area contributed by atoms with Crippen molar-refractivity contribution in [1.82, 2.24) is 5.32 Å². The van der Waals surface area contributed by atoms with Gasteiger partial charge in [-0.3, -0.25) is 0 Å². The Bertz CT molecular complexity index is 382. The molecule has 2 atom stereocenters. The van der Waals surface area contributed by atoms with E-state index in [-0.39, 0.29) is 12.6 Å². The molecular formula is C13H18ClNOS. The Morgan fingerprint density at radius 2 is 2.41 bits per heavy atom. The summed E-state index contributed by atoms with van der Waals surface area (Å²) in [5, 5.41) is 13.6. The molecule has 0 aliphatic carbocycles. The van der Waals surface area contributed by atoms with Gasteiger partial charge in [-0.05, 0) is 42.4 Å². The zero-order valence-electron chi connectivity index (χ0n) is 9.95. The third-order valence-electron chi connectivity index (χ3n) is 3.16. The van der Waals surface area contributed by atoms with Crippen LogP contribution in [0.15, 0.2) is 23.1 Å². The predicted molar refractivity (Wildman–Crippen MR) is 73.8 cm³/mol. The van der Waals surface area contributed by atoms with Crippen molar-refractivity contribution in [1.29, 1.82) is 0 Å². The lowest BCUT2D eigenvalue weighted by molar-refractivity contribution is 0.226. The summed E-state index contributed by atoms with van der Waals surface area (Å²) in [6.45, 7) is 2.28. The Morgan fingerprint density at radius 3 is 3.12 bits per heavy atom. The number of benzene rings is 1. The topological polar surface area (TPSA) is 32.3 Å². The van der Waals surface area contributed by atoms with Gasteiger partial charge in [-0.15, -0.1) is 11.8 Å². The fourth-order valence-electron chi connectivity index (χ4n) is 2.12. The van der Waals surface area contributed by atoms with E-state index in [2.05, 4.69) is 18.3 Å². The van der Waals surface area contributed by atoms with Crippen molar-refractivity contribution in [2.45, 2.75) is 36.7 Å². The van der Waals surface area contributed by atoms with Crippen LogP contribution in [0.2, 0.25) is 5.02 Å². The van der Waals surface area contributed by atoms with E-state index in [1.54, 1.807) is 0 Å². The lowest BCUT2D eigenvalue weighted by atomic mass is 10.0. The summed E-state index contributed by atoms with van der Waals surface area (Å²) in [7, 11) is 0. The number of aliphatic hydroxyl groups excluding tert-OH is 1. The standard InChI is InChI=1S/C13H18ClNOS/c1-2-10(8-16)15-12-5-6-17-13-4-3-9(14)7-11(12)13/h3-4,7,10,12,15-16H,2,5-6,8H2,1H3/t10-,12?/m0/s1. The molecule has 2 nitrogen and oxygen atoms in total. The SMILES string of the molecule is CC[C@@H](CO)NC1CCSc2ccc(Cl)cc21. The molecule has 1 aromatic carbocycles. The van der Waals surface area contributed by atoms with E-state index >= 15 is 0 Å². The number of fused-ring (bicyclic) bond motifs is 1. The number of rotatable bonds is 4. The summed E-state index contributed by atoms with van der Waals surface area (Å²) < 4.78 is 0. The average molecular weight is 272 g/mol. The molecule has 0 aromatic heterocycles. The van der Waals surface area contributed by atoms with Gasteiger partial charge in [-0.2, -0.15) is 0 Å². The van der Waals surface area contributed by atoms with Crippen LogP contribution in [0.3, 0.4) is 0 Å². The highest BCUT2D eigenvalue weighted by atomic mass is 35.5. The lowest BCUT2D eigenvalue weighted by Crippen LogP contribution is -2.36. The zero-order valence-corrected chi connectivity index (χ0v) is 11.5. The van der Waals surface area contributed by atoms with Gasteiger partial charge < -0.3 is 10.4 Å². The Morgan fingerprint density at radius 1 is 1.59 bits per heavy atom. The van der Waals surface area contributed by atoms with Crippen LogP contribution in [0.4, 0.5) is 0 Å². The molecule has 2 rings (SSSR count). The maximum atomic E-state index is 9.27. The first-order chi connectivity index (χ1) is 8.24. The highest BCUT2D eigenvalue weighted by Gasteiger charge is 2.22. The van der Waals surface area contributed by atoms with Crippen LogP contribution in [0, 0.1) is 0 Å². The molecule has 1 aromatic rings. The fraction of sp³-hybridized carbons (Fsp3) is 0.538. The highest BCUT2D eigenvalue weighted by Crippen LogP contribution is 2.37. The number of hydrogen-bond donors (Lipinski definition) is 2. The number of hydrogen-bond acceptors (Lipinski definition) is 3. The molecule has 0 spiro atoms. The summed E-state index contributed by atoms with van der Waals surface area (Å²) >= 11 is 7.94. The molecule has 0 radical (unpaired) electrons. The van der Waals surface area contributed by atoms with Crippen LogP contribution in [0.5, 0.6) is 0 Å². The number of nitrogens with one attached hydrogen (secondary N) is 1. The van der Waals surface area contributed by atoms with Crippen molar-refractivity contribution < 1.29 is 5.11 Å². The van der Waals surface area contributed by atoms with E-state index in [1.165, 1.54) is 10.5 Å². The number of halogens is 1. The monoisotopic (exact) mass is 271 g/mol. The minimum atomic E-state index is 0.176. The second-order valence-electron chi connectivity index (χ2n) is 4.33. The van der Waals surface area contributed by atoms with E-state index in [9.17, 15) is 5.11 Å². The highest BCUT2D eigenvalue weighted by molar-refractivity contribution is 7.99. The summed E-state index contributed by atoms with van der Waals surface area (Å²) in [5.74, 6) is 1.12. The van der Waals surface area contributed by atoms with Crippen molar-refractivity contribution in [3.05, 3.63) is 28.8 Å². The van der Waals surface area contributed by atoms with Gasteiger partial charge in [0.2, 0.25) is 0 Å². The Kier molecular flexibility index (Phi) is 4.74. The molecule has 0 saturated heterocycles. The Balaban J connectivity index is 2.18. The molecule has 0 bridgehead atoms. The van der Waals surface area contributed by atoms with E-state index in [1.807, 2.05) is 23.9 Å². The molecular weight excluding hydrogens is 254 g/mol. The van der Waals surface area contributed by atoms with Gasteiger partial charge in [-0.25, -0.2) is 0 Å². The summed E-state index contributed by atoms with van der Waals surface area (Å²) in [5.41, 5.74) is 1.28. The molecule has 1 aliphatic rings. The van der Waals surface area contributed by atoms with Crippen molar-refractivity contribution in [2.24, 2.45) is 0 Å². The maximum absolute atomic E-state index is 9.27. The van der Waals surface area contributed by atoms with Gasteiger partial charge in [0.05, 0.1) is 6.61 Å². The van der Waals surface area contributed by atoms with Crippen molar-refractivity contribution in [3.63, 3.8) is 0 Å². The molecule has 2 N–H and O–H groups in total. The first-order valence-electron chi connectivity index (χ1n) is 6.03. The van der Waals surface area contributed by atoms with Gasteiger partial charge in [0.1, 0.15) is 0 Å². The van der Waals surface area contributed by atoms with Gasteiger partial charge in [0.15, 0.2) is 0 Å². The van der Waals surface area contributed by atoms with E-state index in [0.29, 0.717) is 6.04 Å². The van der Waals surface area contributed by atoms with Crippen LogP contribution in [-0.4, -0.2) is 23.5 Å².